The van der Waals surface area contributed by atoms with Gasteiger partial charge >= 0.3 is 0 Å². The van der Waals surface area contributed by atoms with Gasteiger partial charge < -0.3 is 10.6 Å². The highest BCUT2D eigenvalue weighted by molar-refractivity contribution is 7.98. The van der Waals surface area contributed by atoms with Crippen LogP contribution in [0.1, 0.15) is 32.6 Å². The first kappa shape index (κ1) is 20.6. The second-order valence-corrected chi connectivity index (χ2v) is 7.74. The summed E-state index contributed by atoms with van der Waals surface area (Å²) in [6.07, 6.45) is 1.47. The summed E-state index contributed by atoms with van der Waals surface area (Å²) in [6, 6.07) is 11.3. The fraction of sp³-hybridized carbons (Fsp3) is 0.238. The first-order valence-electron chi connectivity index (χ1n) is 9.15. The number of carbonyl (C=O) groups is 2. The number of benzene rings is 2. The van der Waals surface area contributed by atoms with Crippen molar-refractivity contribution in [3.05, 3.63) is 70.5 Å². The molecule has 8 heteroatoms. The summed E-state index contributed by atoms with van der Waals surface area (Å²) in [5.74, 6) is 0.176. The molecule has 0 saturated heterocycles. The highest BCUT2D eigenvalue weighted by atomic mass is 32.2. The van der Waals surface area contributed by atoms with Crippen LogP contribution in [0.3, 0.4) is 0 Å². The highest BCUT2D eigenvalue weighted by Gasteiger charge is 2.11. The monoisotopic (exact) mass is 409 g/mol. The predicted octanol–water partition coefficient (Wildman–Crippen LogP) is 3.39. The maximum absolute atomic E-state index is 12.3. The molecule has 0 aliphatic heterocycles. The SMILES string of the molecule is Cc1cc(C)c(NC(=O)CNC(=O)c2ccc(CSc3ncn[nH]3)cc2)c(C)c1. The van der Waals surface area contributed by atoms with E-state index in [9.17, 15) is 9.59 Å². The van der Waals surface area contributed by atoms with Gasteiger partial charge in [-0.05, 0) is 49.6 Å². The zero-order valence-corrected chi connectivity index (χ0v) is 17.4. The number of aromatic nitrogens is 3. The third-order valence-corrected chi connectivity index (χ3v) is 5.28. The van der Waals surface area contributed by atoms with E-state index in [1.165, 1.54) is 18.1 Å². The number of aromatic amines is 1. The van der Waals surface area contributed by atoms with Crippen LogP contribution in [0.4, 0.5) is 5.69 Å². The number of rotatable bonds is 7. The van der Waals surface area contributed by atoms with Crippen LogP contribution in [0.15, 0.2) is 47.9 Å². The van der Waals surface area contributed by atoms with Gasteiger partial charge in [-0.3, -0.25) is 14.7 Å². The molecule has 0 saturated carbocycles. The minimum absolute atomic E-state index is 0.0886. The molecule has 7 nitrogen and oxygen atoms in total. The van der Waals surface area contributed by atoms with E-state index in [0.29, 0.717) is 5.56 Å². The third-order valence-electron chi connectivity index (χ3n) is 4.34. The first-order chi connectivity index (χ1) is 13.9. The molecular formula is C21H23N5O2S. The number of thioether (sulfide) groups is 1. The number of amides is 2. The summed E-state index contributed by atoms with van der Waals surface area (Å²) < 4.78 is 0. The molecule has 2 amide bonds. The molecule has 29 heavy (non-hydrogen) atoms. The molecule has 0 atom stereocenters. The number of aryl methyl sites for hydroxylation is 3. The lowest BCUT2D eigenvalue weighted by Gasteiger charge is -2.13. The molecule has 0 aliphatic rings. The van der Waals surface area contributed by atoms with Crippen molar-refractivity contribution in [2.45, 2.75) is 31.7 Å². The fourth-order valence-corrected chi connectivity index (χ4v) is 3.73. The Bertz CT molecular complexity index is 977. The second kappa shape index (κ2) is 9.38. The quantitative estimate of drug-likeness (QED) is 0.520. The Balaban J connectivity index is 1.50. The van der Waals surface area contributed by atoms with Crippen molar-refractivity contribution in [3.63, 3.8) is 0 Å². The van der Waals surface area contributed by atoms with Crippen molar-refractivity contribution in [2.24, 2.45) is 0 Å². The maximum atomic E-state index is 12.3. The van der Waals surface area contributed by atoms with Gasteiger partial charge in [0.15, 0.2) is 5.16 Å². The van der Waals surface area contributed by atoms with E-state index in [1.54, 1.807) is 12.1 Å². The smallest absolute Gasteiger partial charge is 0.251 e. The number of hydrogen-bond donors (Lipinski definition) is 3. The molecule has 0 spiro atoms. The molecule has 2 aromatic carbocycles. The summed E-state index contributed by atoms with van der Waals surface area (Å²) in [7, 11) is 0. The molecule has 150 valence electrons. The van der Waals surface area contributed by atoms with E-state index in [1.807, 2.05) is 45.0 Å². The van der Waals surface area contributed by atoms with Gasteiger partial charge in [-0.1, -0.05) is 41.6 Å². The van der Waals surface area contributed by atoms with Crippen molar-refractivity contribution in [3.8, 4) is 0 Å². The molecule has 0 unspecified atom stereocenters. The molecule has 3 aromatic rings. The molecule has 0 aliphatic carbocycles. The number of carbonyl (C=O) groups excluding carboxylic acids is 2. The topological polar surface area (TPSA) is 99.8 Å². The van der Waals surface area contributed by atoms with Crippen LogP contribution >= 0.6 is 11.8 Å². The lowest BCUT2D eigenvalue weighted by molar-refractivity contribution is -0.115. The van der Waals surface area contributed by atoms with Gasteiger partial charge in [-0.15, -0.1) is 0 Å². The van der Waals surface area contributed by atoms with Gasteiger partial charge in [0, 0.05) is 17.0 Å². The minimum atomic E-state index is -0.285. The van der Waals surface area contributed by atoms with E-state index in [2.05, 4.69) is 25.8 Å². The third kappa shape index (κ3) is 5.68. The van der Waals surface area contributed by atoms with Crippen LogP contribution in [-0.2, 0) is 10.5 Å². The number of nitrogens with zero attached hydrogens (tertiary/aromatic N) is 2. The summed E-state index contributed by atoms with van der Waals surface area (Å²) >= 11 is 1.53. The fourth-order valence-electron chi connectivity index (χ4n) is 2.99. The van der Waals surface area contributed by atoms with Crippen molar-refractivity contribution in [1.82, 2.24) is 20.5 Å². The maximum Gasteiger partial charge on any atom is 0.251 e. The Morgan fingerprint density at radius 1 is 1.07 bits per heavy atom. The molecule has 3 N–H and O–H groups in total. The van der Waals surface area contributed by atoms with Crippen molar-refractivity contribution < 1.29 is 9.59 Å². The predicted molar refractivity (Wildman–Crippen MR) is 114 cm³/mol. The molecule has 0 bridgehead atoms. The second-order valence-electron chi connectivity index (χ2n) is 6.78. The Hall–Kier alpha value is -3.13. The highest BCUT2D eigenvalue weighted by Crippen LogP contribution is 2.22. The lowest BCUT2D eigenvalue weighted by Crippen LogP contribution is -2.33. The standard InChI is InChI=1S/C21H23N5O2S/c1-13-8-14(2)19(15(3)9-13)25-18(27)10-22-20(28)17-6-4-16(5-7-17)11-29-21-23-12-24-26-21/h4-9,12H,10-11H2,1-3H3,(H,22,28)(H,25,27)(H,23,24,26). The van der Waals surface area contributed by atoms with Crippen LogP contribution < -0.4 is 10.6 Å². The minimum Gasteiger partial charge on any atom is -0.343 e. The lowest BCUT2D eigenvalue weighted by atomic mass is 10.1. The normalized spacial score (nSPS) is 10.6. The van der Waals surface area contributed by atoms with Gasteiger partial charge in [0.25, 0.3) is 5.91 Å². The van der Waals surface area contributed by atoms with Gasteiger partial charge in [0.05, 0.1) is 6.54 Å². The molecule has 1 aromatic heterocycles. The van der Waals surface area contributed by atoms with E-state index >= 15 is 0 Å². The molecule has 3 rings (SSSR count). The molecule has 0 fully saturated rings. The molecule has 0 radical (unpaired) electrons. The average Bonchev–Trinajstić information content (AvgIpc) is 3.21. The van der Waals surface area contributed by atoms with Crippen molar-refractivity contribution in [1.29, 1.82) is 0 Å². The zero-order valence-electron chi connectivity index (χ0n) is 16.6. The number of hydrogen-bond acceptors (Lipinski definition) is 5. The van der Waals surface area contributed by atoms with Gasteiger partial charge in [0.1, 0.15) is 6.33 Å². The van der Waals surface area contributed by atoms with Gasteiger partial charge in [-0.25, -0.2) is 4.98 Å². The van der Waals surface area contributed by atoms with E-state index in [4.69, 9.17) is 0 Å². The molecule has 1 heterocycles. The number of anilines is 1. The summed E-state index contributed by atoms with van der Waals surface area (Å²) in [5.41, 5.74) is 5.51. The Labute approximate surface area is 173 Å². The Morgan fingerprint density at radius 2 is 1.76 bits per heavy atom. The van der Waals surface area contributed by atoms with Crippen molar-refractivity contribution >= 4 is 29.3 Å². The molecular weight excluding hydrogens is 386 g/mol. The summed E-state index contributed by atoms with van der Waals surface area (Å²) in [6.45, 7) is 5.84. The van der Waals surface area contributed by atoms with E-state index in [-0.39, 0.29) is 18.4 Å². The Kier molecular flexibility index (Phi) is 6.66. The van der Waals surface area contributed by atoms with Crippen LogP contribution in [0.5, 0.6) is 0 Å². The van der Waals surface area contributed by atoms with E-state index < -0.39 is 0 Å². The van der Waals surface area contributed by atoms with Crippen LogP contribution in [0.2, 0.25) is 0 Å². The number of nitrogens with one attached hydrogen (secondary N) is 3. The van der Waals surface area contributed by atoms with Gasteiger partial charge in [0.2, 0.25) is 5.91 Å². The van der Waals surface area contributed by atoms with Crippen molar-refractivity contribution in [2.75, 3.05) is 11.9 Å². The summed E-state index contributed by atoms with van der Waals surface area (Å²) in [5, 5.41) is 12.9. The number of H-pyrrole nitrogens is 1. The van der Waals surface area contributed by atoms with Crippen LogP contribution in [-0.4, -0.2) is 33.5 Å². The van der Waals surface area contributed by atoms with Gasteiger partial charge in [-0.2, -0.15) is 5.10 Å². The van der Waals surface area contributed by atoms with Crippen LogP contribution in [0.25, 0.3) is 0 Å². The summed E-state index contributed by atoms with van der Waals surface area (Å²) in [4.78, 5) is 28.6. The first-order valence-corrected chi connectivity index (χ1v) is 10.1. The largest absolute Gasteiger partial charge is 0.343 e. The average molecular weight is 410 g/mol. The zero-order chi connectivity index (χ0) is 20.8. The Morgan fingerprint density at radius 3 is 2.38 bits per heavy atom. The van der Waals surface area contributed by atoms with E-state index in [0.717, 1.165) is 38.9 Å². The van der Waals surface area contributed by atoms with Crippen LogP contribution in [0, 0.1) is 20.8 Å².